The third kappa shape index (κ3) is 6.07. The summed E-state index contributed by atoms with van der Waals surface area (Å²) < 4.78 is 0. The van der Waals surface area contributed by atoms with E-state index >= 15 is 0 Å². The van der Waals surface area contributed by atoms with Crippen molar-refractivity contribution in [2.24, 2.45) is 0 Å². The van der Waals surface area contributed by atoms with Gasteiger partial charge >= 0.3 is 0 Å². The van der Waals surface area contributed by atoms with E-state index in [1.807, 2.05) is 18.2 Å². The molecule has 1 aliphatic heterocycles. The number of phenolic OH excluding ortho intramolecular Hbond substituents is 1. The van der Waals surface area contributed by atoms with E-state index < -0.39 is 0 Å². The van der Waals surface area contributed by atoms with Gasteiger partial charge in [0, 0.05) is 49.8 Å². The van der Waals surface area contributed by atoms with E-state index in [0.29, 0.717) is 41.6 Å². The minimum absolute atomic E-state index is 0.140. The number of hydrogen-bond donors (Lipinski definition) is 3. The second-order valence-electron chi connectivity index (χ2n) is 9.30. The molecular weight excluding hydrogens is 506 g/mol. The molecule has 1 fully saturated rings. The first kappa shape index (κ1) is 26.4. The molecule has 0 saturated carbocycles. The molecule has 1 saturated heterocycles. The average molecular weight is 536 g/mol. The van der Waals surface area contributed by atoms with E-state index in [4.69, 9.17) is 5.73 Å². The summed E-state index contributed by atoms with van der Waals surface area (Å²) in [6.45, 7) is 4.47. The molecule has 1 aromatic carbocycles. The molecule has 40 heavy (non-hydrogen) atoms. The molecule has 0 bridgehead atoms. The molecule has 11 nitrogen and oxygen atoms in total. The highest BCUT2D eigenvalue weighted by Crippen LogP contribution is 2.32. The first-order chi connectivity index (χ1) is 19.5. The van der Waals surface area contributed by atoms with Crippen LogP contribution >= 0.6 is 0 Å². The summed E-state index contributed by atoms with van der Waals surface area (Å²) >= 11 is 0. The molecule has 4 N–H and O–H groups in total. The number of nitrogens with zero attached hydrogens (tertiary/aromatic N) is 7. The van der Waals surface area contributed by atoms with Crippen molar-refractivity contribution in [3.05, 3.63) is 78.5 Å². The van der Waals surface area contributed by atoms with Crippen molar-refractivity contribution >= 4 is 23.2 Å². The number of aromatic nitrogens is 5. The van der Waals surface area contributed by atoms with Gasteiger partial charge in [0.25, 0.3) is 5.91 Å². The van der Waals surface area contributed by atoms with Crippen molar-refractivity contribution in [2.75, 3.05) is 41.7 Å². The maximum absolute atomic E-state index is 12.2. The zero-order chi connectivity index (χ0) is 27.9. The lowest BCUT2D eigenvalue weighted by atomic mass is 10.1. The Labute approximate surface area is 232 Å². The van der Waals surface area contributed by atoms with E-state index in [9.17, 15) is 9.90 Å². The van der Waals surface area contributed by atoms with Crippen LogP contribution in [-0.4, -0.2) is 68.4 Å². The number of carbonyl (C=O) groups excluding carboxylic acids is 1. The number of nitrogen functional groups attached to an aromatic ring is 1. The fourth-order valence-electron chi connectivity index (χ4n) is 4.52. The molecule has 0 radical (unpaired) electrons. The van der Waals surface area contributed by atoms with Gasteiger partial charge in [0.1, 0.15) is 11.6 Å². The van der Waals surface area contributed by atoms with Crippen LogP contribution in [0.15, 0.2) is 67.1 Å². The van der Waals surface area contributed by atoms with E-state index in [2.05, 4.69) is 59.0 Å². The Morgan fingerprint density at radius 1 is 1.12 bits per heavy atom. The van der Waals surface area contributed by atoms with Gasteiger partial charge in [-0.05, 0) is 55.7 Å². The van der Waals surface area contributed by atoms with E-state index in [1.165, 1.54) is 6.20 Å². The number of phenols is 1. The molecule has 202 valence electrons. The van der Waals surface area contributed by atoms with Crippen LogP contribution < -0.4 is 20.9 Å². The van der Waals surface area contributed by atoms with Crippen molar-refractivity contribution < 1.29 is 9.90 Å². The number of nitrogens with one attached hydrogen (secondary N) is 1. The Morgan fingerprint density at radius 3 is 2.83 bits per heavy atom. The van der Waals surface area contributed by atoms with Gasteiger partial charge in [0.05, 0.1) is 23.5 Å². The van der Waals surface area contributed by atoms with Crippen LogP contribution in [0.4, 0.5) is 17.3 Å². The Bertz CT molecular complexity index is 1550. The highest BCUT2D eigenvalue weighted by atomic mass is 16.3. The van der Waals surface area contributed by atoms with Crippen LogP contribution in [0, 0.1) is 11.8 Å². The lowest BCUT2D eigenvalue weighted by Crippen LogP contribution is -2.35. The topological polar surface area (TPSA) is 146 Å². The molecule has 1 amide bonds. The summed E-state index contributed by atoms with van der Waals surface area (Å²) in [5, 5.41) is 21.4. The first-order valence-electron chi connectivity index (χ1n) is 12.9. The van der Waals surface area contributed by atoms with Gasteiger partial charge in [-0.1, -0.05) is 18.1 Å². The number of hydrogen-bond acceptors (Lipinski definition) is 10. The maximum atomic E-state index is 12.2. The van der Waals surface area contributed by atoms with Crippen LogP contribution in [-0.2, 0) is 0 Å². The van der Waals surface area contributed by atoms with Crippen LogP contribution in [0.3, 0.4) is 0 Å². The minimum Gasteiger partial charge on any atom is -0.507 e. The Kier molecular flexibility index (Phi) is 7.97. The smallest absolute Gasteiger partial charge is 0.253 e. The number of aromatic hydroxyl groups is 1. The number of para-hydroxylation sites is 1. The zero-order valence-corrected chi connectivity index (χ0v) is 22.0. The number of carbonyl (C=O) groups is 1. The highest BCUT2D eigenvalue weighted by molar-refractivity contribution is 5.93. The van der Waals surface area contributed by atoms with Crippen molar-refractivity contribution in [2.45, 2.75) is 19.4 Å². The van der Waals surface area contributed by atoms with Gasteiger partial charge in [-0.3, -0.25) is 9.78 Å². The summed E-state index contributed by atoms with van der Waals surface area (Å²) in [6.07, 6.45) is 5.67. The first-order valence-corrected chi connectivity index (χ1v) is 12.9. The summed E-state index contributed by atoms with van der Waals surface area (Å²) in [6, 6.07) is 14.4. The summed E-state index contributed by atoms with van der Waals surface area (Å²) in [4.78, 5) is 29.5. The van der Waals surface area contributed by atoms with Gasteiger partial charge in [-0.2, -0.15) is 0 Å². The number of pyridine rings is 1. The Balaban J connectivity index is 1.26. The van der Waals surface area contributed by atoms with Gasteiger partial charge in [-0.15, -0.1) is 10.2 Å². The van der Waals surface area contributed by atoms with Gasteiger partial charge in [0.15, 0.2) is 5.82 Å². The number of anilines is 3. The molecule has 11 heteroatoms. The van der Waals surface area contributed by atoms with E-state index in [0.717, 1.165) is 24.5 Å². The van der Waals surface area contributed by atoms with Crippen LogP contribution in [0.5, 0.6) is 5.75 Å². The quantitative estimate of drug-likeness (QED) is 0.326. The highest BCUT2D eigenvalue weighted by Gasteiger charge is 2.24. The molecule has 0 unspecified atom stereocenters. The standard InChI is InChI=1S/C29H29N9O2/c1-20-11-15-37(24-18-23(35-36-28(24)30)22-7-2-3-8-25(22)39)16-17-38(20)27-10-14-32-26(34-27)9-5-13-33-29(40)21-6-4-12-31-19-21/h2-4,6-8,10,12,14,18-20,39H,11,13,15-17H2,1H3,(H2,30,36)(H,33,40)/t20-/m0/s1. The summed E-state index contributed by atoms with van der Waals surface area (Å²) in [5.41, 5.74) is 8.67. The second kappa shape index (κ2) is 12.1. The molecule has 4 aromatic rings. The number of rotatable bonds is 5. The molecule has 3 aromatic heterocycles. The predicted octanol–water partition coefficient (Wildman–Crippen LogP) is 2.50. The van der Waals surface area contributed by atoms with Crippen molar-refractivity contribution in [1.29, 1.82) is 0 Å². The summed E-state index contributed by atoms with van der Waals surface area (Å²) in [5.74, 6) is 7.26. The number of benzene rings is 1. The van der Waals surface area contributed by atoms with Crippen LogP contribution in [0.1, 0.15) is 29.5 Å². The van der Waals surface area contributed by atoms with Gasteiger partial charge < -0.3 is 26.0 Å². The third-order valence-electron chi connectivity index (χ3n) is 6.68. The average Bonchev–Trinajstić information content (AvgIpc) is 3.18. The lowest BCUT2D eigenvalue weighted by molar-refractivity contribution is 0.0958. The fraction of sp³-hybridized carbons (Fsp3) is 0.241. The molecule has 5 rings (SSSR count). The SMILES string of the molecule is C[C@H]1CCN(c2cc(-c3ccccc3O)nnc2N)CCN1c1ccnc(C#CCNC(=O)c2cccnc2)n1. The van der Waals surface area contributed by atoms with Crippen molar-refractivity contribution in [3.63, 3.8) is 0 Å². The van der Waals surface area contributed by atoms with Gasteiger partial charge in [-0.25, -0.2) is 9.97 Å². The molecule has 0 aliphatic carbocycles. The normalized spacial score (nSPS) is 15.1. The number of nitrogens with two attached hydrogens (primary N) is 1. The van der Waals surface area contributed by atoms with Crippen LogP contribution in [0.25, 0.3) is 11.3 Å². The Morgan fingerprint density at radius 2 is 2.00 bits per heavy atom. The lowest BCUT2D eigenvalue weighted by Gasteiger charge is -2.28. The predicted molar refractivity (Wildman–Crippen MR) is 153 cm³/mol. The molecule has 4 heterocycles. The van der Waals surface area contributed by atoms with Crippen molar-refractivity contribution in [3.8, 4) is 28.8 Å². The fourth-order valence-corrected chi connectivity index (χ4v) is 4.52. The maximum Gasteiger partial charge on any atom is 0.253 e. The van der Waals surface area contributed by atoms with Crippen LogP contribution in [0.2, 0.25) is 0 Å². The monoisotopic (exact) mass is 535 g/mol. The molecule has 1 aliphatic rings. The minimum atomic E-state index is -0.238. The van der Waals surface area contributed by atoms with Gasteiger partial charge in [0.2, 0.25) is 5.82 Å². The second-order valence-corrected chi connectivity index (χ2v) is 9.30. The molecule has 0 spiro atoms. The van der Waals surface area contributed by atoms with E-state index in [-0.39, 0.29) is 24.2 Å². The largest absolute Gasteiger partial charge is 0.507 e. The number of amides is 1. The molecule has 1 atom stereocenters. The summed E-state index contributed by atoms with van der Waals surface area (Å²) in [7, 11) is 0. The van der Waals surface area contributed by atoms with E-state index in [1.54, 1.807) is 42.7 Å². The zero-order valence-electron chi connectivity index (χ0n) is 22.0. The third-order valence-corrected chi connectivity index (χ3v) is 6.68. The molecular formula is C29H29N9O2. The Hall–Kier alpha value is -5.24. The van der Waals surface area contributed by atoms with Crippen molar-refractivity contribution in [1.82, 2.24) is 30.5 Å².